The van der Waals surface area contributed by atoms with Crippen LogP contribution in [-0.2, 0) is 0 Å². The van der Waals surface area contributed by atoms with E-state index in [1.54, 1.807) is 12.1 Å². The first kappa shape index (κ1) is 15.2. The summed E-state index contributed by atoms with van der Waals surface area (Å²) in [6.45, 7) is -2.89. The van der Waals surface area contributed by atoms with E-state index in [2.05, 4.69) is 26.0 Å². The second kappa shape index (κ2) is 6.49. The van der Waals surface area contributed by atoms with Crippen LogP contribution < -0.4 is 10.1 Å². The first-order chi connectivity index (χ1) is 9.95. The Morgan fingerprint density at radius 2 is 1.86 bits per heavy atom. The third-order valence-electron chi connectivity index (χ3n) is 2.51. The number of rotatable bonds is 5. The van der Waals surface area contributed by atoms with Gasteiger partial charge in [-0.05, 0) is 36.4 Å². The fraction of sp³-hybridized carbons (Fsp3) is 0.0769. The molecule has 1 N–H and O–H groups in total. The van der Waals surface area contributed by atoms with E-state index in [0.29, 0.717) is 15.8 Å². The number of nitro benzene ring substituents is 1. The Morgan fingerprint density at radius 3 is 2.43 bits per heavy atom. The lowest BCUT2D eigenvalue weighted by molar-refractivity contribution is -0.384. The van der Waals surface area contributed by atoms with Gasteiger partial charge in [0.15, 0.2) is 0 Å². The molecule has 2 aromatic rings. The van der Waals surface area contributed by atoms with E-state index in [1.807, 2.05) is 0 Å². The molecule has 0 amide bonds. The smallest absolute Gasteiger partial charge is 0.387 e. The molecule has 0 heterocycles. The van der Waals surface area contributed by atoms with Crippen molar-refractivity contribution in [2.24, 2.45) is 0 Å². The topological polar surface area (TPSA) is 64.4 Å². The van der Waals surface area contributed by atoms with Crippen molar-refractivity contribution >= 4 is 33.0 Å². The highest BCUT2D eigenvalue weighted by Crippen LogP contribution is 2.31. The zero-order chi connectivity index (χ0) is 15.4. The van der Waals surface area contributed by atoms with Gasteiger partial charge in [0.1, 0.15) is 11.4 Å². The standard InChI is InChI=1S/C13H9BrF2N2O3/c14-8-1-6-11(12(7-8)18(19)20)17-9-2-4-10(5-3-9)21-13(15)16/h1-7,13,17H. The van der Waals surface area contributed by atoms with Crippen LogP contribution in [0.4, 0.5) is 25.8 Å². The van der Waals surface area contributed by atoms with E-state index < -0.39 is 11.5 Å². The number of nitrogens with zero attached hydrogens (tertiary/aromatic N) is 1. The molecule has 110 valence electrons. The molecule has 21 heavy (non-hydrogen) atoms. The SMILES string of the molecule is O=[N+]([O-])c1cc(Br)ccc1Nc1ccc(OC(F)F)cc1. The Hall–Kier alpha value is -2.22. The minimum absolute atomic E-state index is 0.0147. The largest absolute Gasteiger partial charge is 0.435 e. The fourth-order valence-corrected chi connectivity index (χ4v) is 1.99. The highest BCUT2D eigenvalue weighted by atomic mass is 79.9. The van der Waals surface area contributed by atoms with Crippen molar-refractivity contribution in [1.29, 1.82) is 0 Å². The van der Waals surface area contributed by atoms with Crippen LogP contribution in [-0.4, -0.2) is 11.5 Å². The molecule has 0 saturated heterocycles. The number of benzene rings is 2. The van der Waals surface area contributed by atoms with Crippen molar-refractivity contribution in [2.45, 2.75) is 6.61 Å². The molecular weight excluding hydrogens is 350 g/mol. The number of hydrogen-bond donors (Lipinski definition) is 1. The number of hydrogen-bond acceptors (Lipinski definition) is 4. The maximum Gasteiger partial charge on any atom is 0.387 e. The van der Waals surface area contributed by atoms with Gasteiger partial charge in [0.2, 0.25) is 0 Å². The van der Waals surface area contributed by atoms with Gasteiger partial charge in [-0.1, -0.05) is 15.9 Å². The number of alkyl halides is 2. The van der Waals surface area contributed by atoms with E-state index in [-0.39, 0.29) is 11.4 Å². The van der Waals surface area contributed by atoms with Gasteiger partial charge in [-0.15, -0.1) is 0 Å². The van der Waals surface area contributed by atoms with Gasteiger partial charge < -0.3 is 10.1 Å². The molecular formula is C13H9BrF2N2O3. The second-order valence-electron chi connectivity index (χ2n) is 3.95. The van der Waals surface area contributed by atoms with Crippen LogP contribution in [0.25, 0.3) is 0 Å². The monoisotopic (exact) mass is 358 g/mol. The summed E-state index contributed by atoms with van der Waals surface area (Å²) in [4.78, 5) is 10.5. The van der Waals surface area contributed by atoms with Gasteiger partial charge in [0, 0.05) is 16.2 Å². The molecule has 0 aliphatic heterocycles. The number of nitrogens with one attached hydrogen (secondary N) is 1. The molecule has 0 spiro atoms. The van der Waals surface area contributed by atoms with Gasteiger partial charge in [0.05, 0.1) is 4.92 Å². The molecule has 0 unspecified atom stereocenters. The van der Waals surface area contributed by atoms with Crippen molar-refractivity contribution in [3.05, 3.63) is 57.1 Å². The second-order valence-corrected chi connectivity index (χ2v) is 4.86. The summed E-state index contributed by atoms with van der Waals surface area (Å²) in [5.74, 6) is 0.0147. The number of anilines is 2. The van der Waals surface area contributed by atoms with Gasteiger partial charge in [-0.3, -0.25) is 10.1 Å². The average Bonchev–Trinajstić information content (AvgIpc) is 2.42. The summed E-state index contributed by atoms with van der Waals surface area (Å²) in [5.41, 5.74) is 0.713. The molecule has 0 bridgehead atoms. The lowest BCUT2D eigenvalue weighted by Gasteiger charge is -2.09. The molecule has 5 nitrogen and oxygen atoms in total. The molecule has 0 aromatic heterocycles. The van der Waals surface area contributed by atoms with Crippen molar-refractivity contribution in [1.82, 2.24) is 0 Å². The Labute approximate surface area is 126 Å². The maximum absolute atomic E-state index is 12.0. The minimum Gasteiger partial charge on any atom is -0.435 e. The molecule has 0 saturated carbocycles. The molecule has 0 atom stereocenters. The van der Waals surface area contributed by atoms with E-state index in [0.717, 1.165) is 0 Å². The first-order valence-corrected chi connectivity index (χ1v) is 6.51. The van der Waals surface area contributed by atoms with Gasteiger partial charge in [-0.2, -0.15) is 8.78 Å². The predicted octanol–water partition coefficient (Wildman–Crippen LogP) is 4.70. The minimum atomic E-state index is -2.89. The Kier molecular flexibility index (Phi) is 4.69. The number of halogens is 3. The van der Waals surface area contributed by atoms with Crippen LogP contribution in [0.15, 0.2) is 46.9 Å². The van der Waals surface area contributed by atoms with E-state index in [9.17, 15) is 18.9 Å². The van der Waals surface area contributed by atoms with E-state index in [1.165, 1.54) is 30.3 Å². The Morgan fingerprint density at radius 1 is 1.19 bits per heavy atom. The van der Waals surface area contributed by atoms with Crippen LogP contribution in [0, 0.1) is 10.1 Å². The third-order valence-corrected chi connectivity index (χ3v) is 3.01. The molecule has 2 aromatic carbocycles. The Bertz CT molecular complexity index is 650. The summed E-state index contributed by atoms with van der Waals surface area (Å²) < 4.78 is 28.9. The summed E-state index contributed by atoms with van der Waals surface area (Å²) in [7, 11) is 0. The zero-order valence-electron chi connectivity index (χ0n) is 10.4. The molecule has 0 aliphatic rings. The average molecular weight is 359 g/mol. The quantitative estimate of drug-likeness (QED) is 0.621. The van der Waals surface area contributed by atoms with E-state index >= 15 is 0 Å². The van der Waals surface area contributed by atoms with Crippen LogP contribution >= 0.6 is 15.9 Å². The van der Waals surface area contributed by atoms with Gasteiger partial charge >= 0.3 is 6.61 Å². The Balaban J connectivity index is 2.20. The predicted molar refractivity (Wildman–Crippen MR) is 77.2 cm³/mol. The van der Waals surface area contributed by atoms with Crippen molar-refractivity contribution < 1.29 is 18.4 Å². The van der Waals surface area contributed by atoms with Crippen LogP contribution in [0.5, 0.6) is 5.75 Å². The van der Waals surface area contributed by atoms with Crippen LogP contribution in [0.1, 0.15) is 0 Å². The summed E-state index contributed by atoms with van der Waals surface area (Å²) in [5, 5.41) is 13.8. The lowest BCUT2D eigenvalue weighted by Crippen LogP contribution is -2.02. The summed E-state index contributed by atoms with van der Waals surface area (Å²) in [6.07, 6.45) is 0. The maximum atomic E-state index is 12.0. The lowest BCUT2D eigenvalue weighted by atomic mass is 10.2. The molecule has 0 aliphatic carbocycles. The third kappa shape index (κ3) is 4.12. The molecule has 0 radical (unpaired) electrons. The first-order valence-electron chi connectivity index (χ1n) is 5.71. The summed E-state index contributed by atoms with van der Waals surface area (Å²) in [6, 6.07) is 10.2. The highest BCUT2D eigenvalue weighted by Gasteiger charge is 2.14. The normalized spacial score (nSPS) is 10.5. The highest BCUT2D eigenvalue weighted by molar-refractivity contribution is 9.10. The molecule has 2 rings (SSSR count). The van der Waals surface area contributed by atoms with Gasteiger partial charge in [0.25, 0.3) is 5.69 Å². The van der Waals surface area contributed by atoms with Gasteiger partial charge in [-0.25, -0.2) is 0 Å². The molecule has 0 fully saturated rings. The zero-order valence-corrected chi connectivity index (χ0v) is 12.0. The number of nitro groups is 1. The fourth-order valence-electron chi connectivity index (χ4n) is 1.64. The van der Waals surface area contributed by atoms with Crippen molar-refractivity contribution in [2.75, 3.05) is 5.32 Å². The van der Waals surface area contributed by atoms with Crippen LogP contribution in [0.3, 0.4) is 0 Å². The van der Waals surface area contributed by atoms with Crippen molar-refractivity contribution in [3.63, 3.8) is 0 Å². The van der Waals surface area contributed by atoms with Crippen molar-refractivity contribution in [3.8, 4) is 5.75 Å². The molecule has 8 heteroatoms. The summed E-state index contributed by atoms with van der Waals surface area (Å²) >= 11 is 3.16. The van der Waals surface area contributed by atoms with Crippen LogP contribution in [0.2, 0.25) is 0 Å². The number of ether oxygens (including phenoxy) is 1. The van der Waals surface area contributed by atoms with E-state index in [4.69, 9.17) is 0 Å².